The van der Waals surface area contributed by atoms with E-state index < -0.39 is 0 Å². The van der Waals surface area contributed by atoms with Crippen molar-refractivity contribution in [3.63, 3.8) is 0 Å². The van der Waals surface area contributed by atoms with Gasteiger partial charge in [-0.3, -0.25) is 0 Å². The van der Waals surface area contributed by atoms with Crippen LogP contribution in [0.3, 0.4) is 0 Å². The van der Waals surface area contributed by atoms with E-state index in [1.807, 2.05) is 45.0 Å². The second-order valence-electron chi connectivity index (χ2n) is 3.37. The molecule has 12 heavy (non-hydrogen) atoms. The van der Waals surface area contributed by atoms with E-state index in [0.29, 0.717) is 5.56 Å². The van der Waals surface area contributed by atoms with Gasteiger partial charge in [0.05, 0.1) is 5.92 Å². The number of hydrogen-bond acceptors (Lipinski definition) is 0. The number of hydrogen-bond donors (Lipinski definition) is 0. The van der Waals surface area contributed by atoms with Crippen LogP contribution in [0.2, 0.25) is 0 Å². The number of benzene rings is 1. The van der Waals surface area contributed by atoms with Gasteiger partial charge in [0.2, 0.25) is 6.17 Å². The van der Waals surface area contributed by atoms with E-state index in [1.54, 1.807) is 0 Å². The molecule has 0 spiro atoms. The fraction of sp³-hybridized carbons (Fsp3) is 0.364. The first-order valence-electron chi connectivity index (χ1n) is 4.20. The summed E-state index contributed by atoms with van der Waals surface area (Å²) in [6.07, 6.45) is -0.0324. The maximum Gasteiger partial charge on any atom is 0.216 e. The normalized spacial score (nSPS) is 10.4. The lowest BCUT2D eigenvalue weighted by Crippen LogP contribution is -2.00. The van der Waals surface area contributed by atoms with Crippen LogP contribution < -0.4 is 0 Å². The lowest BCUT2D eigenvalue weighted by molar-refractivity contribution is 0.428. The van der Waals surface area contributed by atoms with Gasteiger partial charge in [0, 0.05) is 12.1 Å². The molecule has 0 radical (unpaired) electrons. The molecule has 0 saturated heterocycles. The van der Waals surface area contributed by atoms with Gasteiger partial charge >= 0.3 is 0 Å². The molecule has 0 N–H and O–H groups in total. The van der Waals surface area contributed by atoms with Crippen molar-refractivity contribution in [2.75, 3.05) is 0 Å². The Morgan fingerprint density at radius 3 is 2.08 bits per heavy atom. The standard InChI is InChI=1S/C11H14F/c1-8(2)11(12)10-6-4-9(3)5-7-10/h4-8H,1-3H3/q+1. The highest BCUT2D eigenvalue weighted by Crippen LogP contribution is 2.24. The molecule has 0 aromatic heterocycles. The van der Waals surface area contributed by atoms with E-state index in [-0.39, 0.29) is 12.1 Å². The summed E-state index contributed by atoms with van der Waals surface area (Å²) >= 11 is 0. The van der Waals surface area contributed by atoms with Gasteiger partial charge in [-0.15, -0.1) is 4.39 Å². The Labute approximate surface area is 73.4 Å². The zero-order valence-corrected chi connectivity index (χ0v) is 7.76. The molecule has 64 valence electrons. The van der Waals surface area contributed by atoms with Gasteiger partial charge in [-0.1, -0.05) is 0 Å². The van der Waals surface area contributed by atoms with Gasteiger partial charge in [0.1, 0.15) is 0 Å². The maximum atomic E-state index is 13.3. The van der Waals surface area contributed by atoms with Crippen molar-refractivity contribution in [2.45, 2.75) is 20.8 Å². The predicted octanol–water partition coefficient (Wildman–Crippen LogP) is 3.50. The van der Waals surface area contributed by atoms with Crippen LogP contribution in [0.4, 0.5) is 4.39 Å². The highest BCUT2D eigenvalue weighted by molar-refractivity contribution is 5.30. The monoisotopic (exact) mass is 165 g/mol. The van der Waals surface area contributed by atoms with Crippen LogP contribution in [0.25, 0.3) is 0 Å². The molecule has 1 heteroatoms. The van der Waals surface area contributed by atoms with E-state index >= 15 is 0 Å². The van der Waals surface area contributed by atoms with Crippen LogP contribution in [0.1, 0.15) is 25.0 Å². The fourth-order valence-corrected chi connectivity index (χ4v) is 1.05. The summed E-state index contributed by atoms with van der Waals surface area (Å²) in [6.45, 7) is 5.71. The van der Waals surface area contributed by atoms with Crippen LogP contribution >= 0.6 is 0 Å². The van der Waals surface area contributed by atoms with Crippen molar-refractivity contribution in [3.05, 3.63) is 41.6 Å². The highest BCUT2D eigenvalue weighted by Gasteiger charge is 2.22. The third kappa shape index (κ3) is 2.00. The molecule has 0 heterocycles. The number of halogens is 1. The highest BCUT2D eigenvalue weighted by atomic mass is 19.1. The second kappa shape index (κ2) is 3.61. The van der Waals surface area contributed by atoms with E-state index in [4.69, 9.17) is 0 Å². The molecule has 0 aliphatic heterocycles. The lowest BCUT2D eigenvalue weighted by Gasteiger charge is -2.02. The molecule has 0 nitrogen and oxygen atoms in total. The first-order valence-corrected chi connectivity index (χ1v) is 4.20. The molecular weight excluding hydrogens is 151 g/mol. The molecule has 0 bridgehead atoms. The summed E-state index contributed by atoms with van der Waals surface area (Å²) in [4.78, 5) is 0. The Morgan fingerprint density at radius 1 is 1.17 bits per heavy atom. The SMILES string of the molecule is Cc1ccc([C+](F)C(C)C)cc1. The van der Waals surface area contributed by atoms with E-state index in [2.05, 4.69) is 0 Å². The minimum absolute atomic E-state index is 0.0206. The molecular formula is C11H14F+. The zero-order chi connectivity index (χ0) is 9.14. The smallest absolute Gasteiger partial charge is 0.132 e. The fourth-order valence-electron chi connectivity index (χ4n) is 1.05. The van der Waals surface area contributed by atoms with Crippen LogP contribution in [0, 0.1) is 19.0 Å². The van der Waals surface area contributed by atoms with Crippen molar-refractivity contribution in [3.8, 4) is 0 Å². The molecule has 0 unspecified atom stereocenters. The lowest BCUT2D eigenvalue weighted by atomic mass is 10.00. The molecule has 1 rings (SSSR count). The average molecular weight is 165 g/mol. The van der Waals surface area contributed by atoms with E-state index in [1.165, 1.54) is 0 Å². The Kier molecular flexibility index (Phi) is 2.74. The molecule has 1 aromatic carbocycles. The molecule has 1 aromatic rings. The van der Waals surface area contributed by atoms with Gasteiger partial charge in [0.25, 0.3) is 0 Å². The summed E-state index contributed by atoms with van der Waals surface area (Å²) < 4.78 is 13.3. The van der Waals surface area contributed by atoms with Crippen LogP contribution in [-0.4, -0.2) is 0 Å². The van der Waals surface area contributed by atoms with Gasteiger partial charge in [-0.25, -0.2) is 0 Å². The zero-order valence-electron chi connectivity index (χ0n) is 7.76. The van der Waals surface area contributed by atoms with Crippen LogP contribution in [0.15, 0.2) is 24.3 Å². The first kappa shape index (κ1) is 9.11. The summed E-state index contributed by atoms with van der Waals surface area (Å²) in [5.74, 6) is -0.0206. The largest absolute Gasteiger partial charge is 0.216 e. The van der Waals surface area contributed by atoms with Crippen LogP contribution in [0.5, 0.6) is 0 Å². The molecule has 0 amide bonds. The molecule has 0 saturated carbocycles. The summed E-state index contributed by atoms with van der Waals surface area (Å²) in [6, 6.07) is 7.50. The van der Waals surface area contributed by atoms with Crippen molar-refractivity contribution in [1.82, 2.24) is 0 Å². The molecule has 0 aliphatic rings. The minimum atomic E-state index is -0.0324. The van der Waals surface area contributed by atoms with E-state index in [0.717, 1.165) is 5.56 Å². The quantitative estimate of drug-likeness (QED) is 0.588. The molecule has 0 fully saturated rings. The summed E-state index contributed by atoms with van der Waals surface area (Å²) in [5, 5.41) is 0. The van der Waals surface area contributed by atoms with E-state index in [9.17, 15) is 4.39 Å². The van der Waals surface area contributed by atoms with Gasteiger partial charge in [-0.05, 0) is 38.5 Å². The average Bonchev–Trinajstić information content (AvgIpc) is 2.04. The Bertz CT molecular complexity index is 236. The number of aryl methyl sites for hydroxylation is 1. The Morgan fingerprint density at radius 2 is 1.67 bits per heavy atom. The Hall–Kier alpha value is -0.980. The van der Waals surface area contributed by atoms with Gasteiger partial charge in [-0.2, -0.15) is 0 Å². The van der Waals surface area contributed by atoms with Crippen molar-refractivity contribution < 1.29 is 4.39 Å². The molecule has 0 aliphatic carbocycles. The Balaban J connectivity index is 2.82. The summed E-state index contributed by atoms with van der Waals surface area (Å²) in [5.41, 5.74) is 1.87. The second-order valence-corrected chi connectivity index (χ2v) is 3.37. The topological polar surface area (TPSA) is 0 Å². The predicted molar refractivity (Wildman–Crippen MR) is 49.5 cm³/mol. The van der Waals surface area contributed by atoms with Gasteiger partial charge < -0.3 is 0 Å². The molecule has 0 atom stereocenters. The first-order chi connectivity index (χ1) is 5.61. The van der Waals surface area contributed by atoms with Crippen LogP contribution in [-0.2, 0) is 0 Å². The minimum Gasteiger partial charge on any atom is -0.132 e. The third-order valence-corrected chi connectivity index (χ3v) is 1.83. The third-order valence-electron chi connectivity index (χ3n) is 1.83. The van der Waals surface area contributed by atoms with Gasteiger partial charge in [0.15, 0.2) is 5.56 Å². The summed E-state index contributed by atoms with van der Waals surface area (Å²) in [7, 11) is 0. The van der Waals surface area contributed by atoms with Crippen molar-refractivity contribution >= 4 is 0 Å². The van der Waals surface area contributed by atoms with Crippen molar-refractivity contribution in [2.24, 2.45) is 5.92 Å². The van der Waals surface area contributed by atoms with Crippen molar-refractivity contribution in [1.29, 1.82) is 0 Å². The maximum absolute atomic E-state index is 13.3. The number of rotatable bonds is 2.